The van der Waals surface area contributed by atoms with Gasteiger partial charge in [-0.2, -0.15) is 0 Å². The Labute approximate surface area is 85.1 Å². The first kappa shape index (κ1) is 10.2. The molecule has 3 heteroatoms. The summed E-state index contributed by atoms with van der Waals surface area (Å²) in [5.74, 6) is 0. The van der Waals surface area contributed by atoms with E-state index >= 15 is 0 Å². The van der Waals surface area contributed by atoms with Crippen LogP contribution in [0.25, 0.3) is 0 Å². The molecule has 0 radical (unpaired) electrons. The number of fused-ring (bicyclic) bond motifs is 1. The van der Waals surface area contributed by atoms with Crippen LogP contribution in [-0.2, 0) is 6.42 Å². The highest BCUT2D eigenvalue weighted by Crippen LogP contribution is 2.24. The van der Waals surface area contributed by atoms with Crippen LogP contribution in [0.3, 0.4) is 0 Å². The third-order valence-electron chi connectivity index (χ3n) is 2.34. The van der Waals surface area contributed by atoms with Gasteiger partial charge in [-0.3, -0.25) is 0 Å². The minimum Gasteiger partial charge on any atom is -0.388 e. The van der Waals surface area contributed by atoms with E-state index < -0.39 is 0 Å². The summed E-state index contributed by atoms with van der Waals surface area (Å²) in [5.41, 5.74) is 3.93. The van der Waals surface area contributed by atoms with E-state index in [-0.39, 0.29) is 12.4 Å². The second-order valence-corrected chi connectivity index (χ2v) is 3.15. The lowest BCUT2D eigenvalue weighted by atomic mass is 10.0. The van der Waals surface area contributed by atoms with Gasteiger partial charge >= 0.3 is 0 Å². The number of halogens is 1. The highest BCUT2D eigenvalue weighted by Gasteiger charge is 2.07. The third-order valence-corrected chi connectivity index (χ3v) is 2.34. The first-order valence-electron chi connectivity index (χ1n) is 4.45. The number of rotatable bonds is 1. The highest BCUT2D eigenvalue weighted by atomic mass is 35.5. The van der Waals surface area contributed by atoms with Crippen molar-refractivity contribution < 1.29 is 0 Å². The lowest BCUT2D eigenvalue weighted by Crippen LogP contribution is -2.11. The molecule has 0 fully saturated rings. The Balaban J connectivity index is 0.000000845. The molecule has 0 aliphatic carbocycles. The van der Waals surface area contributed by atoms with Crippen LogP contribution in [0.4, 0.5) is 11.4 Å². The molecule has 0 amide bonds. The summed E-state index contributed by atoms with van der Waals surface area (Å²) < 4.78 is 0. The smallest absolute Gasteiger partial charge is 0.0393 e. The molecule has 13 heavy (non-hydrogen) atoms. The van der Waals surface area contributed by atoms with Crippen molar-refractivity contribution in [3.63, 3.8) is 0 Å². The van der Waals surface area contributed by atoms with E-state index in [9.17, 15) is 0 Å². The summed E-state index contributed by atoms with van der Waals surface area (Å²) in [4.78, 5) is 0. The molecule has 1 aliphatic rings. The fourth-order valence-corrected chi connectivity index (χ4v) is 1.62. The molecule has 1 aliphatic heterocycles. The Bertz CT molecular complexity index is 286. The van der Waals surface area contributed by atoms with Crippen molar-refractivity contribution in [3.8, 4) is 0 Å². The van der Waals surface area contributed by atoms with Gasteiger partial charge in [-0.25, -0.2) is 0 Å². The fraction of sp³-hybridized carbons (Fsp3) is 0.400. The average Bonchev–Trinajstić information content (AvgIpc) is 2.17. The molecule has 0 aromatic heterocycles. The van der Waals surface area contributed by atoms with Crippen molar-refractivity contribution in [3.05, 3.63) is 23.8 Å². The topological polar surface area (TPSA) is 24.1 Å². The van der Waals surface area contributed by atoms with E-state index in [0.717, 1.165) is 6.54 Å². The number of anilines is 2. The number of aryl methyl sites for hydroxylation is 1. The zero-order valence-electron chi connectivity index (χ0n) is 7.76. The standard InChI is InChI=1S/C10H14N2.ClH/c1-11-9-5-4-8-3-2-6-12-10(8)7-9;/h4-5,7,11-12H,2-3,6H2,1H3;1H. The molecule has 2 rings (SSSR count). The molecule has 2 N–H and O–H groups in total. The molecule has 1 aromatic rings. The highest BCUT2D eigenvalue weighted by molar-refractivity contribution is 5.85. The zero-order chi connectivity index (χ0) is 8.39. The largest absolute Gasteiger partial charge is 0.388 e. The summed E-state index contributed by atoms with van der Waals surface area (Å²) in [5, 5.41) is 6.53. The van der Waals surface area contributed by atoms with Gasteiger partial charge < -0.3 is 10.6 Å². The van der Waals surface area contributed by atoms with Gasteiger partial charge in [0.15, 0.2) is 0 Å². The molecule has 1 heterocycles. The maximum Gasteiger partial charge on any atom is 0.0393 e. The van der Waals surface area contributed by atoms with Gasteiger partial charge in [-0.1, -0.05) is 6.07 Å². The Kier molecular flexibility index (Phi) is 3.43. The van der Waals surface area contributed by atoms with E-state index in [1.165, 1.54) is 29.8 Å². The molecule has 0 saturated carbocycles. The molecule has 0 atom stereocenters. The van der Waals surface area contributed by atoms with Crippen molar-refractivity contribution >= 4 is 23.8 Å². The number of benzene rings is 1. The van der Waals surface area contributed by atoms with Crippen molar-refractivity contribution in [1.82, 2.24) is 0 Å². The minimum atomic E-state index is 0. The van der Waals surface area contributed by atoms with E-state index in [1.807, 2.05) is 7.05 Å². The number of nitrogens with one attached hydrogen (secondary N) is 2. The molecule has 2 nitrogen and oxygen atoms in total. The van der Waals surface area contributed by atoms with Crippen LogP contribution in [-0.4, -0.2) is 13.6 Å². The molecule has 72 valence electrons. The molecular formula is C10H15ClN2. The monoisotopic (exact) mass is 198 g/mol. The van der Waals surface area contributed by atoms with Gasteiger partial charge in [-0.05, 0) is 30.5 Å². The SMILES string of the molecule is CNc1ccc2c(c1)NCCC2.Cl. The second-order valence-electron chi connectivity index (χ2n) is 3.15. The van der Waals surface area contributed by atoms with Gasteiger partial charge in [0.25, 0.3) is 0 Å². The minimum absolute atomic E-state index is 0. The first-order valence-corrected chi connectivity index (χ1v) is 4.45. The molecule has 0 saturated heterocycles. The van der Waals surface area contributed by atoms with Crippen molar-refractivity contribution in [2.45, 2.75) is 12.8 Å². The van der Waals surface area contributed by atoms with E-state index in [4.69, 9.17) is 0 Å². The number of hydrogen-bond donors (Lipinski definition) is 2. The maximum absolute atomic E-state index is 3.40. The predicted octanol–water partition coefficient (Wildman–Crippen LogP) is 2.51. The third kappa shape index (κ3) is 2.07. The van der Waals surface area contributed by atoms with Crippen molar-refractivity contribution in [1.29, 1.82) is 0 Å². The summed E-state index contributed by atoms with van der Waals surface area (Å²) in [7, 11) is 1.95. The van der Waals surface area contributed by atoms with Crippen molar-refractivity contribution in [2.75, 3.05) is 24.2 Å². The van der Waals surface area contributed by atoms with Crippen LogP contribution in [0.5, 0.6) is 0 Å². The zero-order valence-corrected chi connectivity index (χ0v) is 8.58. The summed E-state index contributed by atoms with van der Waals surface area (Å²) >= 11 is 0. The quantitative estimate of drug-likeness (QED) is 0.725. The summed E-state index contributed by atoms with van der Waals surface area (Å²) in [6, 6.07) is 6.51. The van der Waals surface area contributed by atoms with Crippen LogP contribution in [0, 0.1) is 0 Å². The van der Waals surface area contributed by atoms with Crippen LogP contribution in [0.1, 0.15) is 12.0 Å². The van der Waals surface area contributed by atoms with Crippen LogP contribution < -0.4 is 10.6 Å². The number of hydrogen-bond acceptors (Lipinski definition) is 2. The van der Waals surface area contributed by atoms with Gasteiger partial charge in [0.1, 0.15) is 0 Å². The van der Waals surface area contributed by atoms with E-state index in [2.05, 4.69) is 28.8 Å². The molecule has 0 spiro atoms. The van der Waals surface area contributed by atoms with Gasteiger partial charge in [0.2, 0.25) is 0 Å². The maximum atomic E-state index is 3.40. The lowest BCUT2D eigenvalue weighted by molar-refractivity contribution is 0.830. The van der Waals surface area contributed by atoms with Crippen molar-refractivity contribution in [2.24, 2.45) is 0 Å². The Morgan fingerprint density at radius 2 is 2.23 bits per heavy atom. The van der Waals surface area contributed by atoms with Gasteiger partial charge in [0, 0.05) is 25.0 Å². The van der Waals surface area contributed by atoms with Crippen LogP contribution in [0.2, 0.25) is 0 Å². The Morgan fingerprint density at radius 1 is 1.38 bits per heavy atom. The van der Waals surface area contributed by atoms with Gasteiger partial charge in [-0.15, -0.1) is 12.4 Å². The normalized spacial score (nSPS) is 13.6. The first-order chi connectivity index (χ1) is 5.90. The molecule has 0 unspecified atom stereocenters. The van der Waals surface area contributed by atoms with Crippen LogP contribution >= 0.6 is 12.4 Å². The van der Waals surface area contributed by atoms with E-state index in [0.29, 0.717) is 0 Å². The fourth-order valence-electron chi connectivity index (χ4n) is 1.62. The lowest BCUT2D eigenvalue weighted by Gasteiger charge is -2.18. The Hall–Kier alpha value is -0.890. The van der Waals surface area contributed by atoms with Crippen LogP contribution in [0.15, 0.2) is 18.2 Å². The Morgan fingerprint density at radius 3 is 3.00 bits per heavy atom. The van der Waals surface area contributed by atoms with Gasteiger partial charge in [0.05, 0.1) is 0 Å². The second kappa shape index (κ2) is 4.38. The molecule has 0 bridgehead atoms. The molecular weight excluding hydrogens is 184 g/mol. The average molecular weight is 199 g/mol. The summed E-state index contributed by atoms with van der Waals surface area (Å²) in [6.45, 7) is 1.11. The van der Waals surface area contributed by atoms with E-state index in [1.54, 1.807) is 0 Å². The predicted molar refractivity (Wildman–Crippen MR) is 60.0 cm³/mol. The molecule has 1 aromatic carbocycles. The summed E-state index contributed by atoms with van der Waals surface area (Å²) in [6.07, 6.45) is 2.47.